The highest BCUT2D eigenvalue weighted by Gasteiger charge is 2.45. The third-order valence-corrected chi connectivity index (χ3v) is 4.53. The Morgan fingerprint density at radius 2 is 1.60 bits per heavy atom. The molecule has 0 unspecified atom stereocenters. The van der Waals surface area contributed by atoms with Crippen LogP contribution in [0.3, 0.4) is 0 Å². The molecule has 0 saturated carbocycles. The highest BCUT2D eigenvalue weighted by atomic mass is 19.4. The Labute approximate surface area is 167 Å². The second kappa shape index (κ2) is 6.96. The minimum absolute atomic E-state index is 0.0488. The number of halogens is 5. The van der Waals surface area contributed by atoms with Crippen LogP contribution in [0.1, 0.15) is 45.7 Å². The first-order chi connectivity index (χ1) is 13.7. The van der Waals surface area contributed by atoms with Crippen LogP contribution in [0.25, 0.3) is 0 Å². The molecule has 5 nitrogen and oxygen atoms in total. The van der Waals surface area contributed by atoms with Crippen molar-refractivity contribution >= 4 is 11.7 Å². The smallest absolute Gasteiger partial charge is 0.395 e. The second-order valence-corrected chi connectivity index (χ2v) is 7.18. The quantitative estimate of drug-likeness (QED) is 0.564. The highest BCUT2D eigenvalue weighted by molar-refractivity contribution is 6.08. The van der Waals surface area contributed by atoms with Crippen LogP contribution in [0, 0.1) is 6.92 Å². The van der Waals surface area contributed by atoms with Crippen LogP contribution in [0.15, 0.2) is 36.4 Å². The molecule has 1 aliphatic heterocycles. The fourth-order valence-corrected chi connectivity index (χ4v) is 3.06. The molecule has 30 heavy (non-hydrogen) atoms. The van der Waals surface area contributed by atoms with E-state index in [9.17, 15) is 31.5 Å². The Morgan fingerprint density at radius 3 is 2.23 bits per heavy atom. The molecule has 0 aromatic heterocycles. The van der Waals surface area contributed by atoms with Crippen molar-refractivity contribution in [1.29, 1.82) is 0 Å². The first-order valence-electron chi connectivity index (χ1n) is 8.66. The Hall–Kier alpha value is -3.17. The van der Waals surface area contributed by atoms with Gasteiger partial charge in [-0.05, 0) is 45.0 Å². The number of carbonyl (C=O) groups is 2. The standard InChI is InChI=1S/C20H16F5NO4/c1-10-11(8-9-14-15(10)30-20(24,25)29-14)16(27)18(2,3)26-17(28)12-6-4-5-7-13(12)19(21,22)23/h4-9H,1-3H3,(H,26,28). The molecule has 0 radical (unpaired) electrons. The number of carbonyl (C=O) groups excluding carboxylic acids is 2. The maximum atomic E-state index is 13.3. The summed E-state index contributed by atoms with van der Waals surface area (Å²) in [7, 11) is 0. The number of ether oxygens (including phenoxy) is 2. The van der Waals surface area contributed by atoms with Crippen LogP contribution >= 0.6 is 0 Å². The lowest BCUT2D eigenvalue weighted by atomic mass is 9.89. The number of Topliss-reactive ketones (excluding diaryl/α,β-unsaturated/α-hetero) is 1. The summed E-state index contributed by atoms with van der Waals surface area (Å²) < 4.78 is 74.9. The SMILES string of the molecule is Cc1c(C(=O)C(C)(C)NC(=O)c2ccccc2C(F)(F)F)ccc2c1OC(F)(F)O2. The Balaban J connectivity index is 1.89. The minimum Gasteiger partial charge on any atom is -0.395 e. The Bertz CT molecular complexity index is 1030. The molecule has 2 aromatic carbocycles. The number of hydrogen-bond acceptors (Lipinski definition) is 4. The van der Waals surface area contributed by atoms with E-state index in [2.05, 4.69) is 14.8 Å². The lowest BCUT2D eigenvalue weighted by Crippen LogP contribution is -2.50. The molecule has 0 saturated heterocycles. The summed E-state index contributed by atoms with van der Waals surface area (Å²) in [6, 6.07) is 6.49. The maximum Gasteiger partial charge on any atom is 0.586 e. The molecule has 0 fully saturated rings. The van der Waals surface area contributed by atoms with Crippen molar-refractivity contribution in [2.45, 2.75) is 38.8 Å². The summed E-state index contributed by atoms with van der Waals surface area (Å²) in [5, 5.41) is 2.29. The third-order valence-electron chi connectivity index (χ3n) is 4.53. The van der Waals surface area contributed by atoms with Gasteiger partial charge in [0.1, 0.15) is 0 Å². The molecule has 0 spiro atoms. The fourth-order valence-electron chi connectivity index (χ4n) is 3.06. The molecule has 160 valence electrons. The summed E-state index contributed by atoms with van der Waals surface area (Å²) in [4.78, 5) is 25.5. The van der Waals surface area contributed by atoms with Gasteiger partial charge >= 0.3 is 12.5 Å². The lowest BCUT2D eigenvalue weighted by molar-refractivity contribution is -0.286. The van der Waals surface area contributed by atoms with Gasteiger partial charge in [-0.2, -0.15) is 13.2 Å². The van der Waals surface area contributed by atoms with Crippen LogP contribution in [0.5, 0.6) is 11.5 Å². The molecular weight excluding hydrogens is 413 g/mol. The van der Waals surface area contributed by atoms with Gasteiger partial charge in [0.05, 0.1) is 16.7 Å². The molecule has 1 aliphatic rings. The zero-order valence-electron chi connectivity index (χ0n) is 16.0. The number of rotatable bonds is 4. The van der Waals surface area contributed by atoms with Crippen LogP contribution < -0.4 is 14.8 Å². The zero-order valence-corrected chi connectivity index (χ0v) is 16.0. The molecule has 1 amide bonds. The number of hydrogen-bond donors (Lipinski definition) is 1. The first kappa shape index (κ1) is 21.5. The van der Waals surface area contributed by atoms with Crippen molar-refractivity contribution in [2.24, 2.45) is 0 Å². The molecule has 0 atom stereocenters. The lowest BCUT2D eigenvalue weighted by Gasteiger charge is -2.26. The van der Waals surface area contributed by atoms with E-state index in [0.29, 0.717) is 0 Å². The predicted molar refractivity (Wildman–Crippen MR) is 94.7 cm³/mol. The average molecular weight is 429 g/mol. The number of alkyl halides is 5. The van der Waals surface area contributed by atoms with Gasteiger partial charge in [0, 0.05) is 11.1 Å². The molecule has 3 rings (SSSR count). The average Bonchev–Trinajstić information content (AvgIpc) is 2.95. The van der Waals surface area contributed by atoms with Crippen molar-refractivity contribution in [2.75, 3.05) is 0 Å². The van der Waals surface area contributed by atoms with Crippen molar-refractivity contribution < 1.29 is 41.0 Å². The number of nitrogens with one attached hydrogen (secondary N) is 1. The van der Waals surface area contributed by atoms with E-state index in [-0.39, 0.29) is 22.6 Å². The van der Waals surface area contributed by atoms with Crippen LogP contribution in [-0.2, 0) is 6.18 Å². The Kier molecular flexibility index (Phi) is 5.00. The van der Waals surface area contributed by atoms with Gasteiger partial charge in [-0.1, -0.05) is 12.1 Å². The van der Waals surface area contributed by atoms with E-state index in [1.165, 1.54) is 32.9 Å². The van der Waals surface area contributed by atoms with Gasteiger partial charge in [-0.3, -0.25) is 9.59 Å². The van der Waals surface area contributed by atoms with Crippen molar-refractivity contribution in [3.63, 3.8) is 0 Å². The third kappa shape index (κ3) is 3.94. The number of benzene rings is 2. The fraction of sp³-hybridized carbons (Fsp3) is 0.300. The normalized spacial score (nSPS) is 15.1. The summed E-state index contributed by atoms with van der Waals surface area (Å²) in [5.74, 6) is -2.39. The monoisotopic (exact) mass is 429 g/mol. The van der Waals surface area contributed by atoms with E-state index >= 15 is 0 Å². The summed E-state index contributed by atoms with van der Waals surface area (Å²) in [5.41, 5.74) is -3.45. The van der Waals surface area contributed by atoms with Crippen LogP contribution in [0.4, 0.5) is 22.0 Å². The molecule has 1 heterocycles. The number of ketones is 1. The molecule has 2 aromatic rings. The van der Waals surface area contributed by atoms with E-state index in [1.807, 2.05) is 0 Å². The van der Waals surface area contributed by atoms with E-state index in [1.54, 1.807) is 0 Å². The maximum absolute atomic E-state index is 13.3. The van der Waals surface area contributed by atoms with E-state index < -0.39 is 40.8 Å². The first-order valence-corrected chi connectivity index (χ1v) is 8.66. The summed E-state index contributed by atoms with van der Waals surface area (Å²) in [6.07, 6.45) is -8.64. The van der Waals surface area contributed by atoms with Crippen molar-refractivity contribution in [1.82, 2.24) is 5.32 Å². The topological polar surface area (TPSA) is 64.6 Å². The number of fused-ring (bicyclic) bond motifs is 1. The summed E-state index contributed by atoms with van der Waals surface area (Å²) >= 11 is 0. The van der Waals surface area contributed by atoms with Crippen LogP contribution in [-0.4, -0.2) is 23.5 Å². The van der Waals surface area contributed by atoms with Gasteiger partial charge in [0.2, 0.25) is 0 Å². The van der Waals surface area contributed by atoms with Crippen molar-refractivity contribution in [3.05, 3.63) is 58.7 Å². The largest absolute Gasteiger partial charge is 0.586 e. The molecule has 1 N–H and O–H groups in total. The number of amides is 1. The van der Waals surface area contributed by atoms with Crippen molar-refractivity contribution in [3.8, 4) is 11.5 Å². The van der Waals surface area contributed by atoms with Gasteiger partial charge in [-0.25, -0.2) is 0 Å². The molecule has 10 heteroatoms. The van der Waals surface area contributed by atoms with E-state index in [0.717, 1.165) is 24.3 Å². The van der Waals surface area contributed by atoms with Gasteiger partial charge in [-0.15, -0.1) is 8.78 Å². The predicted octanol–water partition coefficient (Wildman–Crippen LogP) is 4.73. The Morgan fingerprint density at radius 1 is 0.967 bits per heavy atom. The molecule has 0 bridgehead atoms. The second-order valence-electron chi connectivity index (χ2n) is 7.18. The van der Waals surface area contributed by atoms with Gasteiger partial charge in [0.15, 0.2) is 17.3 Å². The molecule has 0 aliphatic carbocycles. The summed E-state index contributed by atoms with van der Waals surface area (Å²) in [6.45, 7) is 3.94. The van der Waals surface area contributed by atoms with Gasteiger partial charge < -0.3 is 14.8 Å². The van der Waals surface area contributed by atoms with Gasteiger partial charge in [0.25, 0.3) is 5.91 Å². The van der Waals surface area contributed by atoms with Crippen LogP contribution in [0.2, 0.25) is 0 Å². The zero-order chi connectivity index (χ0) is 22.5. The van der Waals surface area contributed by atoms with E-state index in [4.69, 9.17) is 0 Å². The minimum atomic E-state index is -4.76. The molecular formula is C20H16F5NO4. The highest BCUT2D eigenvalue weighted by Crippen LogP contribution is 2.44.